The van der Waals surface area contributed by atoms with Crippen molar-refractivity contribution in [2.75, 3.05) is 0 Å². The lowest BCUT2D eigenvalue weighted by Crippen LogP contribution is -2.06. The average molecular weight is 277 g/mol. The van der Waals surface area contributed by atoms with Gasteiger partial charge in [-0.1, -0.05) is 63.6 Å². The Kier molecular flexibility index (Phi) is 5.17. The highest BCUT2D eigenvalue weighted by molar-refractivity contribution is 5.64. The Labute approximate surface area is 128 Å². The van der Waals surface area contributed by atoms with Crippen molar-refractivity contribution in [2.45, 2.75) is 39.5 Å². The Morgan fingerprint density at radius 2 is 1.43 bits per heavy atom. The van der Waals surface area contributed by atoms with Gasteiger partial charge in [0.15, 0.2) is 0 Å². The van der Waals surface area contributed by atoms with Crippen LogP contribution in [0.5, 0.6) is 0 Å². The maximum absolute atomic E-state index is 8.85. The lowest BCUT2D eigenvalue weighted by atomic mass is 9.84. The molecule has 0 spiro atoms. The molecule has 0 aliphatic carbocycles. The first-order chi connectivity index (χ1) is 10.2. The van der Waals surface area contributed by atoms with Crippen molar-refractivity contribution >= 4 is 0 Å². The van der Waals surface area contributed by atoms with Gasteiger partial charge in [-0.05, 0) is 47.1 Å². The molecule has 1 nitrogen and oxygen atoms in total. The van der Waals surface area contributed by atoms with Gasteiger partial charge in [0, 0.05) is 0 Å². The van der Waals surface area contributed by atoms with E-state index in [-0.39, 0.29) is 0 Å². The van der Waals surface area contributed by atoms with Crippen LogP contribution in [0.2, 0.25) is 0 Å². The molecule has 0 N–H and O–H groups in total. The minimum Gasteiger partial charge on any atom is -0.192 e. The third-order valence-corrected chi connectivity index (χ3v) is 4.09. The summed E-state index contributed by atoms with van der Waals surface area (Å²) >= 11 is 0. The molecule has 0 heterocycles. The predicted molar refractivity (Wildman–Crippen MR) is 89.1 cm³/mol. The maximum Gasteiger partial charge on any atom is 0.0991 e. The first-order valence-corrected chi connectivity index (χ1v) is 7.76. The lowest BCUT2D eigenvalue weighted by molar-refractivity contribution is 0.463. The Bertz CT molecular complexity index is 600. The van der Waals surface area contributed by atoms with E-state index >= 15 is 0 Å². The normalized spacial score (nSPS) is 12.1. The van der Waals surface area contributed by atoms with Crippen LogP contribution < -0.4 is 0 Å². The number of hydrogen-bond acceptors (Lipinski definition) is 1. The second kappa shape index (κ2) is 7.09. The van der Waals surface area contributed by atoms with Gasteiger partial charge in [-0.15, -0.1) is 0 Å². The lowest BCUT2D eigenvalue weighted by Gasteiger charge is -2.21. The Hall–Kier alpha value is -2.07. The molecule has 0 amide bonds. The topological polar surface area (TPSA) is 23.8 Å². The minimum atomic E-state index is 0.644. The van der Waals surface area contributed by atoms with E-state index in [1.54, 1.807) is 0 Å². The van der Waals surface area contributed by atoms with Crippen molar-refractivity contribution in [1.29, 1.82) is 5.26 Å². The number of hydrogen-bond donors (Lipinski definition) is 0. The fraction of sp³-hybridized carbons (Fsp3) is 0.350. The van der Waals surface area contributed by atoms with Gasteiger partial charge in [0.2, 0.25) is 0 Å². The molecule has 0 saturated carbocycles. The van der Waals surface area contributed by atoms with Crippen LogP contribution in [0.3, 0.4) is 0 Å². The summed E-state index contributed by atoms with van der Waals surface area (Å²) in [6, 6.07) is 18.8. The minimum absolute atomic E-state index is 0.644. The van der Waals surface area contributed by atoms with Gasteiger partial charge in [-0.2, -0.15) is 5.26 Å². The van der Waals surface area contributed by atoms with Gasteiger partial charge < -0.3 is 0 Å². The van der Waals surface area contributed by atoms with Crippen LogP contribution in [0.4, 0.5) is 0 Å². The summed E-state index contributed by atoms with van der Waals surface area (Å²) in [6.07, 6.45) is 2.47. The zero-order valence-corrected chi connectivity index (χ0v) is 13.1. The first-order valence-electron chi connectivity index (χ1n) is 7.76. The molecule has 2 aromatic carbocycles. The van der Waals surface area contributed by atoms with E-state index in [0.717, 1.165) is 5.56 Å². The summed E-state index contributed by atoms with van der Waals surface area (Å²) in [6.45, 7) is 6.85. The van der Waals surface area contributed by atoms with E-state index in [1.165, 1.54) is 24.0 Å². The van der Waals surface area contributed by atoms with Crippen LogP contribution in [0.25, 0.3) is 11.1 Å². The van der Waals surface area contributed by atoms with Crippen molar-refractivity contribution in [1.82, 2.24) is 0 Å². The Balaban J connectivity index is 2.23. The van der Waals surface area contributed by atoms with Crippen LogP contribution in [-0.2, 0) is 0 Å². The molecule has 108 valence electrons. The number of rotatable bonds is 5. The van der Waals surface area contributed by atoms with Gasteiger partial charge >= 0.3 is 0 Å². The Morgan fingerprint density at radius 3 is 1.86 bits per heavy atom. The van der Waals surface area contributed by atoms with E-state index in [4.69, 9.17) is 5.26 Å². The molecule has 1 heteroatoms. The maximum atomic E-state index is 8.85. The molecule has 0 aliphatic rings. The van der Waals surface area contributed by atoms with Crippen molar-refractivity contribution in [3.63, 3.8) is 0 Å². The molecular formula is C20H23N. The van der Waals surface area contributed by atoms with Crippen molar-refractivity contribution in [3.8, 4) is 17.2 Å². The predicted octanol–water partition coefficient (Wildman–Crippen LogP) is 5.76. The summed E-state index contributed by atoms with van der Waals surface area (Å²) < 4.78 is 0. The average Bonchev–Trinajstić information content (AvgIpc) is 2.53. The van der Waals surface area contributed by atoms with Gasteiger partial charge in [0.25, 0.3) is 0 Å². The summed E-state index contributed by atoms with van der Waals surface area (Å²) in [5, 5.41) is 8.85. The molecule has 0 aromatic heterocycles. The van der Waals surface area contributed by atoms with Crippen LogP contribution in [0.15, 0.2) is 48.5 Å². The van der Waals surface area contributed by atoms with Crippen LogP contribution in [-0.4, -0.2) is 0 Å². The van der Waals surface area contributed by atoms with Gasteiger partial charge in [-0.3, -0.25) is 0 Å². The molecule has 21 heavy (non-hydrogen) atoms. The second-order valence-corrected chi connectivity index (χ2v) is 5.95. The summed E-state index contributed by atoms with van der Waals surface area (Å²) in [4.78, 5) is 0. The fourth-order valence-electron chi connectivity index (χ4n) is 2.86. The van der Waals surface area contributed by atoms with E-state index in [9.17, 15) is 0 Å². The fourth-order valence-corrected chi connectivity index (χ4v) is 2.86. The molecular weight excluding hydrogens is 254 g/mol. The Morgan fingerprint density at radius 1 is 0.905 bits per heavy atom. The highest BCUT2D eigenvalue weighted by atomic mass is 14.2. The molecule has 1 atom stereocenters. The standard InChI is InChI=1S/C20H23N/c1-4-5-20(15(2)3)19-12-10-18(11-13-19)17-8-6-16(14-21)7-9-17/h6-13,15,20H,4-5H2,1-3H3/t20-/m1/s1. The van der Waals surface area contributed by atoms with Crippen molar-refractivity contribution in [2.24, 2.45) is 5.92 Å². The number of benzene rings is 2. The molecule has 2 aromatic rings. The number of nitriles is 1. The largest absolute Gasteiger partial charge is 0.192 e. The third-order valence-electron chi connectivity index (χ3n) is 4.09. The van der Waals surface area contributed by atoms with Crippen molar-refractivity contribution in [3.05, 3.63) is 59.7 Å². The molecule has 0 bridgehead atoms. The molecule has 0 unspecified atom stereocenters. The van der Waals surface area contributed by atoms with E-state index in [2.05, 4.69) is 51.1 Å². The van der Waals surface area contributed by atoms with Crippen LogP contribution in [0.1, 0.15) is 50.7 Å². The molecule has 0 saturated heterocycles. The van der Waals surface area contributed by atoms with E-state index < -0.39 is 0 Å². The molecule has 0 radical (unpaired) electrons. The van der Waals surface area contributed by atoms with Gasteiger partial charge in [-0.25, -0.2) is 0 Å². The second-order valence-electron chi connectivity index (χ2n) is 5.95. The third kappa shape index (κ3) is 3.73. The highest BCUT2D eigenvalue weighted by Crippen LogP contribution is 2.30. The zero-order valence-electron chi connectivity index (χ0n) is 13.1. The number of nitrogens with zero attached hydrogens (tertiary/aromatic N) is 1. The summed E-state index contributed by atoms with van der Waals surface area (Å²) in [7, 11) is 0. The van der Waals surface area contributed by atoms with E-state index in [1.807, 2.05) is 24.3 Å². The van der Waals surface area contributed by atoms with Gasteiger partial charge in [0.1, 0.15) is 0 Å². The molecule has 2 rings (SSSR count). The SMILES string of the molecule is CCC[C@@H](c1ccc(-c2ccc(C#N)cc2)cc1)C(C)C. The monoisotopic (exact) mass is 277 g/mol. The quantitative estimate of drug-likeness (QED) is 0.681. The van der Waals surface area contributed by atoms with Crippen LogP contribution in [0, 0.1) is 17.2 Å². The first kappa shape index (κ1) is 15.3. The smallest absolute Gasteiger partial charge is 0.0991 e. The van der Waals surface area contributed by atoms with Crippen LogP contribution >= 0.6 is 0 Å². The summed E-state index contributed by atoms with van der Waals surface area (Å²) in [5.41, 5.74) is 4.52. The molecule has 0 aliphatic heterocycles. The van der Waals surface area contributed by atoms with Gasteiger partial charge in [0.05, 0.1) is 11.6 Å². The molecule has 0 fully saturated rings. The summed E-state index contributed by atoms with van der Waals surface area (Å²) in [5.74, 6) is 1.32. The zero-order chi connectivity index (χ0) is 15.2. The van der Waals surface area contributed by atoms with Crippen molar-refractivity contribution < 1.29 is 0 Å². The van der Waals surface area contributed by atoms with E-state index in [0.29, 0.717) is 17.4 Å². The highest BCUT2D eigenvalue weighted by Gasteiger charge is 2.14.